The highest BCUT2D eigenvalue weighted by molar-refractivity contribution is 7.93. The first-order chi connectivity index (χ1) is 15.5. The van der Waals surface area contributed by atoms with Crippen LogP contribution in [0.4, 0.5) is 5.69 Å². The van der Waals surface area contributed by atoms with Crippen LogP contribution in [0, 0.1) is 0 Å². The number of nitrogens with zero attached hydrogens (tertiary/aromatic N) is 4. The average Bonchev–Trinajstić information content (AvgIpc) is 3.36. The summed E-state index contributed by atoms with van der Waals surface area (Å²) < 4.78 is 37.4. The summed E-state index contributed by atoms with van der Waals surface area (Å²) in [6, 6.07) is 14.0. The smallest absolute Gasteiger partial charge is 0.326 e. The van der Waals surface area contributed by atoms with Crippen molar-refractivity contribution in [1.29, 1.82) is 0 Å². The Kier molecular flexibility index (Phi) is 5.06. The van der Waals surface area contributed by atoms with Crippen molar-refractivity contribution in [2.24, 2.45) is 0 Å². The lowest BCUT2D eigenvalue weighted by molar-refractivity contribution is -0.141. The molecule has 0 radical (unpaired) electrons. The van der Waals surface area contributed by atoms with Gasteiger partial charge < -0.3 is 9.26 Å². The highest BCUT2D eigenvalue weighted by atomic mass is 32.2. The van der Waals surface area contributed by atoms with Gasteiger partial charge in [0.1, 0.15) is 6.54 Å². The second-order valence-electron chi connectivity index (χ2n) is 7.22. The van der Waals surface area contributed by atoms with Crippen LogP contribution in [0.15, 0.2) is 70.3 Å². The van der Waals surface area contributed by atoms with Crippen LogP contribution in [0.5, 0.6) is 0 Å². The zero-order chi connectivity index (χ0) is 22.1. The lowest BCUT2D eigenvalue weighted by atomic mass is 10.1. The number of hydrogen-bond acceptors (Lipinski definition) is 8. The number of sulfonamides is 1. The summed E-state index contributed by atoms with van der Waals surface area (Å²) in [5.74, 6) is 0.238. The Bertz CT molecular complexity index is 1400. The highest BCUT2D eigenvalue weighted by Gasteiger charge is 2.36. The van der Waals surface area contributed by atoms with Crippen molar-refractivity contribution in [3.63, 3.8) is 0 Å². The number of anilines is 1. The third-order valence-electron chi connectivity index (χ3n) is 5.14. The van der Waals surface area contributed by atoms with Gasteiger partial charge in [0, 0.05) is 29.8 Å². The lowest BCUT2D eigenvalue weighted by Crippen LogP contribution is -2.33. The Hall–Kier alpha value is -3.79. The third-order valence-corrected chi connectivity index (χ3v) is 6.94. The number of hydrogen-bond donors (Lipinski definition) is 0. The van der Waals surface area contributed by atoms with Gasteiger partial charge in [0.15, 0.2) is 0 Å². The van der Waals surface area contributed by atoms with Gasteiger partial charge in [-0.05, 0) is 36.1 Å². The van der Waals surface area contributed by atoms with E-state index in [0.29, 0.717) is 35.6 Å². The number of rotatable bonds is 7. The van der Waals surface area contributed by atoms with E-state index < -0.39 is 16.0 Å². The van der Waals surface area contributed by atoms with E-state index in [9.17, 15) is 13.2 Å². The lowest BCUT2D eigenvalue weighted by Gasteiger charge is -2.17. The number of benzene rings is 2. The molecule has 0 N–H and O–H groups in total. The van der Waals surface area contributed by atoms with Crippen LogP contribution in [0.3, 0.4) is 0 Å². The van der Waals surface area contributed by atoms with E-state index in [1.165, 1.54) is 0 Å². The molecule has 5 rings (SSSR count). The molecule has 0 unspecified atom stereocenters. The molecule has 1 aliphatic heterocycles. The molecular weight excluding hydrogens is 432 g/mol. The molecule has 0 spiro atoms. The minimum absolute atomic E-state index is 0.106. The average molecular weight is 450 g/mol. The molecule has 0 saturated heterocycles. The summed E-state index contributed by atoms with van der Waals surface area (Å²) in [5.41, 5.74) is 1.24. The van der Waals surface area contributed by atoms with Crippen LogP contribution in [0.2, 0.25) is 0 Å². The molecule has 1 aliphatic rings. The predicted molar refractivity (Wildman–Crippen MR) is 115 cm³/mol. The molecule has 162 valence electrons. The maximum absolute atomic E-state index is 12.9. The molecule has 0 atom stereocenters. The molecule has 2 aromatic carbocycles. The first-order valence-corrected chi connectivity index (χ1v) is 11.4. The molecule has 4 aromatic rings. The molecule has 32 heavy (non-hydrogen) atoms. The molecule has 3 heterocycles. The topological polar surface area (TPSA) is 115 Å². The van der Waals surface area contributed by atoms with Gasteiger partial charge in [-0.1, -0.05) is 29.4 Å². The van der Waals surface area contributed by atoms with E-state index in [4.69, 9.17) is 9.26 Å². The summed E-state index contributed by atoms with van der Waals surface area (Å²) in [4.78, 5) is 20.9. The number of ether oxygens (including phenoxy) is 1. The standard InChI is InChI=1S/C22H18N4O5S/c27-20(30-12-4-10-19-24-22(25-31-19)16-7-3-11-23-13-16)14-26-17-8-1-5-15-6-2-9-18(21(15)17)32(26,28)29/h1-3,5-9,11,13H,4,10,12,14H2. The Balaban J connectivity index is 1.18. The Morgan fingerprint density at radius 2 is 1.94 bits per heavy atom. The van der Waals surface area contributed by atoms with Crippen molar-refractivity contribution >= 4 is 32.5 Å². The van der Waals surface area contributed by atoms with Gasteiger partial charge in [0.2, 0.25) is 11.7 Å². The van der Waals surface area contributed by atoms with E-state index in [2.05, 4.69) is 15.1 Å². The van der Waals surface area contributed by atoms with Crippen molar-refractivity contribution in [2.45, 2.75) is 17.7 Å². The van der Waals surface area contributed by atoms with Gasteiger partial charge in [0.05, 0.1) is 17.2 Å². The summed E-state index contributed by atoms with van der Waals surface area (Å²) in [5, 5.41) is 5.35. The van der Waals surface area contributed by atoms with Crippen molar-refractivity contribution in [3.05, 3.63) is 66.8 Å². The van der Waals surface area contributed by atoms with Gasteiger partial charge in [-0.25, -0.2) is 8.42 Å². The maximum atomic E-state index is 12.9. The molecule has 0 fully saturated rings. The van der Waals surface area contributed by atoms with Gasteiger partial charge in [-0.15, -0.1) is 0 Å². The van der Waals surface area contributed by atoms with E-state index in [1.807, 2.05) is 18.2 Å². The molecule has 0 bridgehead atoms. The predicted octanol–water partition coefficient (Wildman–Crippen LogP) is 2.97. The number of carbonyl (C=O) groups is 1. The Morgan fingerprint density at radius 3 is 2.75 bits per heavy atom. The first-order valence-electron chi connectivity index (χ1n) is 9.97. The highest BCUT2D eigenvalue weighted by Crippen LogP contribution is 2.41. The van der Waals surface area contributed by atoms with Crippen LogP contribution < -0.4 is 4.31 Å². The summed E-state index contributed by atoms with van der Waals surface area (Å²) in [6.45, 7) is -0.281. The molecule has 0 aliphatic carbocycles. The SMILES string of the molecule is O=C(CN1c2cccc3cccc(c23)S1(=O)=O)OCCCc1nc(-c2cccnc2)no1. The fourth-order valence-corrected chi connectivity index (χ4v) is 5.32. The van der Waals surface area contributed by atoms with Crippen LogP contribution in [0.1, 0.15) is 12.3 Å². The molecular formula is C22H18N4O5S. The number of aromatic nitrogens is 3. The number of carbonyl (C=O) groups excluding carboxylic acids is 1. The van der Waals surface area contributed by atoms with E-state index in [-0.39, 0.29) is 18.0 Å². The van der Waals surface area contributed by atoms with Crippen LogP contribution >= 0.6 is 0 Å². The minimum Gasteiger partial charge on any atom is -0.464 e. The zero-order valence-electron chi connectivity index (χ0n) is 16.8. The molecule has 10 heteroatoms. The van der Waals surface area contributed by atoms with Crippen LogP contribution in [-0.4, -0.2) is 42.7 Å². The van der Waals surface area contributed by atoms with Gasteiger partial charge in [-0.2, -0.15) is 4.98 Å². The number of aryl methyl sites for hydroxylation is 1. The van der Waals surface area contributed by atoms with Gasteiger partial charge in [-0.3, -0.25) is 14.1 Å². The van der Waals surface area contributed by atoms with E-state index >= 15 is 0 Å². The minimum atomic E-state index is -3.80. The van der Waals surface area contributed by atoms with Crippen molar-refractivity contribution < 1.29 is 22.5 Å². The second kappa shape index (κ2) is 8.04. The number of esters is 1. The van der Waals surface area contributed by atoms with E-state index in [0.717, 1.165) is 15.3 Å². The van der Waals surface area contributed by atoms with Crippen LogP contribution in [0.25, 0.3) is 22.2 Å². The monoisotopic (exact) mass is 450 g/mol. The third kappa shape index (κ3) is 3.58. The van der Waals surface area contributed by atoms with Crippen molar-refractivity contribution in [2.75, 3.05) is 17.5 Å². The number of pyridine rings is 1. The Labute approximate surface area is 183 Å². The largest absolute Gasteiger partial charge is 0.464 e. The van der Waals surface area contributed by atoms with Gasteiger partial charge in [0.25, 0.3) is 10.0 Å². The maximum Gasteiger partial charge on any atom is 0.326 e. The normalized spacial score (nSPS) is 14.1. The first kappa shape index (κ1) is 20.1. The molecule has 0 amide bonds. The summed E-state index contributed by atoms with van der Waals surface area (Å²) >= 11 is 0. The van der Waals surface area contributed by atoms with Crippen molar-refractivity contribution in [3.8, 4) is 11.4 Å². The molecule has 9 nitrogen and oxygen atoms in total. The van der Waals surface area contributed by atoms with E-state index in [1.54, 1.807) is 42.7 Å². The summed E-state index contributed by atoms with van der Waals surface area (Å²) in [6.07, 6.45) is 4.18. The molecule has 2 aromatic heterocycles. The fourth-order valence-electron chi connectivity index (χ4n) is 3.67. The molecule has 0 saturated carbocycles. The van der Waals surface area contributed by atoms with Crippen molar-refractivity contribution in [1.82, 2.24) is 15.1 Å². The fraction of sp³-hybridized carbons (Fsp3) is 0.182. The second-order valence-corrected chi connectivity index (χ2v) is 9.05. The Morgan fingerprint density at radius 1 is 1.09 bits per heavy atom. The zero-order valence-corrected chi connectivity index (χ0v) is 17.7. The quantitative estimate of drug-likeness (QED) is 0.312. The van der Waals surface area contributed by atoms with Gasteiger partial charge >= 0.3 is 5.97 Å². The van der Waals surface area contributed by atoms with Crippen LogP contribution in [-0.2, 0) is 26.0 Å². The summed E-state index contributed by atoms with van der Waals surface area (Å²) in [7, 11) is -3.80.